The number of rotatable bonds is 4. The largest absolute Gasteiger partial charge is 0.606 e. The Morgan fingerprint density at radius 1 is 0.700 bits per heavy atom. The van der Waals surface area contributed by atoms with E-state index in [1.165, 1.54) is 36.8 Å². The highest BCUT2D eigenvalue weighted by atomic mass is 32.2. The maximum Gasteiger partial charge on any atom is 0.161 e. The van der Waals surface area contributed by atoms with Gasteiger partial charge in [-0.15, -0.1) is 0 Å². The summed E-state index contributed by atoms with van der Waals surface area (Å²) in [5, 5.41) is 0. The Morgan fingerprint density at radius 2 is 1.10 bits per heavy atom. The molecule has 2 aromatic carbocycles. The monoisotopic (exact) mass is 282 g/mol. The molecule has 2 heteroatoms. The van der Waals surface area contributed by atoms with Crippen LogP contribution in [0.1, 0.15) is 48.6 Å². The normalized spacial score (nSPS) is 18.5. The van der Waals surface area contributed by atoms with Crippen LogP contribution >= 0.6 is 0 Å². The van der Waals surface area contributed by atoms with Gasteiger partial charge in [0.05, 0.1) is 0 Å². The van der Waals surface area contributed by atoms with E-state index in [0.717, 1.165) is 9.79 Å². The van der Waals surface area contributed by atoms with Crippen LogP contribution in [0.5, 0.6) is 0 Å². The molecule has 0 atom stereocenters. The van der Waals surface area contributed by atoms with Gasteiger partial charge in [0.25, 0.3) is 0 Å². The molecule has 4 rings (SSSR count). The van der Waals surface area contributed by atoms with Gasteiger partial charge in [-0.1, -0.05) is 36.4 Å². The second kappa shape index (κ2) is 4.94. The topological polar surface area (TPSA) is 23.1 Å². The fraction of sp³-hybridized carbons (Fsp3) is 0.333. The molecule has 2 aromatic rings. The van der Waals surface area contributed by atoms with Crippen LogP contribution in [0.4, 0.5) is 0 Å². The molecular formula is C18H18OS. The van der Waals surface area contributed by atoms with E-state index in [9.17, 15) is 4.55 Å². The first-order valence-electron chi connectivity index (χ1n) is 7.44. The minimum Gasteiger partial charge on any atom is -0.606 e. The summed E-state index contributed by atoms with van der Waals surface area (Å²) in [6.07, 6.45) is 4.99. The summed E-state index contributed by atoms with van der Waals surface area (Å²) >= 11 is -1.03. The lowest BCUT2D eigenvalue weighted by atomic mass is 10.1. The molecule has 0 unspecified atom stereocenters. The summed E-state index contributed by atoms with van der Waals surface area (Å²) < 4.78 is 13.1. The highest BCUT2D eigenvalue weighted by Gasteiger charge is 2.34. The molecule has 0 spiro atoms. The summed E-state index contributed by atoms with van der Waals surface area (Å²) in [7, 11) is 0. The van der Waals surface area contributed by atoms with Crippen molar-refractivity contribution in [2.24, 2.45) is 0 Å². The lowest BCUT2D eigenvalue weighted by Gasteiger charge is -2.16. The Labute approximate surface area is 123 Å². The third-order valence-electron chi connectivity index (χ3n) is 4.27. The summed E-state index contributed by atoms with van der Waals surface area (Å²) in [5.41, 5.74) is 2.60. The molecule has 2 saturated carbocycles. The van der Waals surface area contributed by atoms with Gasteiger partial charge >= 0.3 is 0 Å². The molecule has 0 saturated heterocycles. The summed E-state index contributed by atoms with van der Waals surface area (Å²) in [6.45, 7) is 0. The Morgan fingerprint density at radius 3 is 1.50 bits per heavy atom. The molecule has 2 aliphatic carbocycles. The Kier molecular flexibility index (Phi) is 3.08. The lowest BCUT2D eigenvalue weighted by Crippen LogP contribution is -2.07. The van der Waals surface area contributed by atoms with Gasteiger partial charge in [0.15, 0.2) is 9.79 Å². The SMILES string of the molecule is [O-][S+](c1ccccc1C1CC1)c1ccccc1C1CC1. The molecule has 1 nitrogen and oxygen atoms in total. The minimum atomic E-state index is -1.03. The Balaban J connectivity index is 1.75. The van der Waals surface area contributed by atoms with Crippen molar-refractivity contribution >= 4 is 11.2 Å². The number of hydrogen-bond donors (Lipinski definition) is 0. The highest BCUT2D eigenvalue weighted by Crippen LogP contribution is 2.46. The van der Waals surface area contributed by atoms with Crippen molar-refractivity contribution in [1.82, 2.24) is 0 Å². The van der Waals surface area contributed by atoms with Crippen LogP contribution in [0, 0.1) is 0 Å². The molecule has 0 bridgehead atoms. The maximum atomic E-state index is 13.1. The first kappa shape index (κ1) is 12.5. The Bertz CT molecular complexity index is 573. The van der Waals surface area contributed by atoms with Gasteiger partial charge in [0.2, 0.25) is 0 Å². The van der Waals surface area contributed by atoms with E-state index in [2.05, 4.69) is 24.3 Å². The minimum absolute atomic E-state index is 0.642. The molecule has 0 aliphatic heterocycles. The molecule has 2 aliphatic rings. The van der Waals surface area contributed by atoms with Crippen LogP contribution < -0.4 is 0 Å². The lowest BCUT2D eigenvalue weighted by molar-refractivity contribution is 0.592. The third-order valence-corrected chi connectivity index (χ3v) is 5.81. The average molecular weight is 282 g/mol. The molecule has 0 N–H and O–H groups in total. The van der Waals surface area contributed by atoms with Gasteiger partial charge < -0.3 is 4.55 Å². The molecule has 102 valence electrons. The van der Waals surface area contributed by atoms with Crippen LogP contribution in [-0.4, -0.2) is 4.55 Å². The fourth-order valence-electron chi connectivity index (χ4n) is 2.88. The van der Waals surface area contributed by atoms with Crippen molar-refractivity contribution in [1.29, 1.82) is 0 Å². The summed E-state index contributed by atoms with van der Waals surface area (Å²) in [6, 6.07) is 16.6. The van der Waals surface area contributed by atoms with E-state index in [0.29, 0.717) is 11.8 Å². The number of benzene rings is 2. The van der Waals surface area contributed by atoms with E-state index in [1.54, 1.807) is 0 Å². The smallest absolute Gasteiger partial charge is 0.161 e. The number of hydrogen-bond acceptors (Lipinski definition) is 1. The van der Waals surface area contributed by atoms with Gasteiger partial charge in [0.1, 0.15) is 0 Å². The molecule has 20 heavy (non-hydrogen) atoms. The third kappa shape index (κ3) is 2.27. The van der Waals surface area contributed by atoms with Crippen molar-refractivity contribution < 1.29 is 4.55 Å². The van der Waals surface area contributed by atoms with Crippen LogP contribution in [0.3, 0.4) is 0 Å². The van der Waals surface area contributed by atoms with Crippen LogP contribution in [0.25, 0.3) is 0 Å². The summed E-state index contributed by atoms with van der Waals surface area (Å²) in [5.74, 6) is 1.28. The van der Waals surface area contributed by atoms with Gasteiger partial charge in [-0.2, -0.15) is 0 Å². The fourth-order valence-corrected chi connectivity index (χ4v) is 4.42. The second-order valence-corrected chi connectivity index (χ2v) is 7.31. The van der Waals surface area contributed by atoms with Crippen molar-refractivity contribution in [2.45, 2.75) is 47.3 Å². The van der Waals surface area contributed by atoms with Gasteiger partial charge in [-0.3, -0.25) is 0 Å². The average Bonchev–Trinajstić information content (AvgIpc) is 3.40. The van der Waals surface area contributed by atoms with Crippen molar-refractivity contribution in [3.8, 4) is 0 Å². The van der Waals surface area contributed by atoms with Crippen LogP contribution in [0.2, 0.25) is 0 Å². The van der Waals surface area contributed by atoms with Crippen LogP contribution in [0.15, 0.2) is 58.3 Å². The zero-order valence-corrected chi connectivity index (χ0v) is 12.2. The van der Waals surface area contributed by atoms with E-state index < -0.39 is 11.2 Å². The van der Waals surface area contributed by atoms with E-state index in [4.69, 9.17) is 0 Å². The van der Waals surface area contributed by atoms with E-state index >= 15 is 0 Å². The van der Waals surface area contributed by atoms with E-state index in [-0.39, 0.29) is 0 Å². The quantitative estimate of drug-likeness (QED) is 0.751. The van der Waals surface area contributed by atoms with Gasteiger partial charge in [-0.05, 0) is 49.7 Å². The maximum absolute atomic E-state index is 13.1. The Hall–Kier alpha value is -1.25. The second-order valence-electron chi connectivity index (χ2n) is 5.89. The first-order valence-corrected chi connectivity index (χ1v) is 8.59. The standard InChI is InChI=1S/C18H18OS/c19-20(17-7-3-1-5-15(17)13-9-10-13)18-8-4-2-6-16(18)14-11-12-14/h1-8,13-14H,9-12H2. The first-order chi connectivity index (χ1) is 9.84. The highest BCUT2D eigenvalue weighted by molar-refractivity contribution is 7.91. The predicted molar refractivity (Wildman–Crippen MR) is 81.5 cm³/mol. The summed E-state index contributed by atoms with van der Waals surface area (Å²) in [4.78, 5) is 2.06. The van der Waals surface area contributed by atoms with Crippen molar-refractivity contribution in [2.75, 3.05) is 0 Å². The van der Waals surface area contributed by atoms with Gasteiger partial charge in [0, 0.05) is 22.3 Å². The van der Waals surface area contributed by atoms with Gasteiger partial charge in [-0.25, -0.2) is 0 Å². The zero-order valence-electron chi connectivity index (χ0n) is 11.4. The molecule has 2 fully saturated rings. The van der Waals surface area contributed by atoms with Crippen LogP contribution in [-0.2, 0) is 11.2 Å². The molecule has 0 amide bonds. The zero-order chi connectivity index (χ0) is 13.5. The van der Waals surface area contributed by atoms with Crippen molar-refractivity contribution in [3.63, 3.8) is 0 Å². The molecule has 0 radical (unpaired) electrons. The van der Waals surface area contributed by atoms with Crippen molar-refractivity contribution in [3.05, 3.63) is 59.7 Å². The van der Waals surface area contributed by atoms with E-state index in [1.807, 2.05) is 24.3 Å². The predicted octanol–water partition coefficient (Wildman–Crippen LogP) is 4.61. The molecule has 0 aromatic heterocycles. The molecular weight excluding hydrogens is 264 g/mol. The molecule has 0 heterocycles.